The van der Waals surface area contributed by atoms with Crippen LogP contribution in [0.2, 0.25) is 0 Å². The number of likely N-dealkylation sites (N-methyl/N-ethyl adjacent to an activating group) is 1. The van der Waals surface area contributed by atoms with E-state index in [-0.39, 0.29) is 5.91 Å². The molecule has 1 amide bonds. The minimum absolute atomic E-state index is 0.132. The van der Waals surface area contributed by atoms with Gasteiger partial charge in [-0.05, 0) is 23.8 Å². The zero-order valence-corrected chi connectivity index (χ0v) is 13.4. The van der Waals surface area contributed by atoms with Crippen molar-refractivity contribution in [1.82, 2.24) is 14.7 Å². The molecule has 6 heteroatoms. The maximum atomic E-state index is 12.6. The minimum atomic E-state index is -0.132. The highest BCUT2D eigenvalue weighted by atomic mass is 16.5. The standard InChI is InChI=1S/C18H18N4O2/c1-21-7-8-24-17-15(3-2-4-16(17)21)18(23)20-9-13-5-6-14-10-19-12-22(14)11-13/h2-6,10-12H,7-9H2,1H3,(H,20,23). The molecule has 0 radical (unpaired) electrons. The third kappa shape index (κ3) is 2.56. The van der Waals surface area contributed by atoms with Crippen LogP contribution in [-0.4, -0.2) is 35.5 Å². The van der Waals surface area contributed by atoms with Gasteiger partial charge in [0.15, 0.2) is 5.75 Å². The van der Waals surface area contributed by atoms with Gasteiger partial charge in [0.25, 0.3) is 5.91 Å². The van der Waals surface area contributed by atoms with Crippen LogP contribution in [0.5, 0.6) is 5.75 Å². The van der Waals surface area contributed by atoms with Crippen LogP contribution in [0, 0.1) is 0 Å². The second-order valence-electron chi connectivity index (χ2n) is 5.87. The fourth-order valence-corrected chi connectivity index (χ4v) is 2.91. The molecule has 122 valence electrons. The molecule has 2 aromatic heterocycles. The summed E-state index contributed by atoms with van der Waals surface area (Å²) in [6.07, 6.45) is 5.51. The van der Waals surface area contributed by atoms with Gasteiger partial charge in [0.1, 0.15) is 6.61 Å². The van der Waals surface area contributed by atoms with Gasteiger partial charge >= 0.3 is 0 Å². The van der Waals surface area contributed by atoms with Gasteiger partial charge in [-0.3, -0.25) is 4.79 Å². The van der Waals surface area contributed by atoms with Crippen molar-refractivity contribution in [2.24, 2.45) is 0 Å². The molecular formula is C18H18N4O2. The third-order valence-electron chi connectivity index (χ3n) is 4.25. The number of aromatic nitrogens is 2. The summed E-state index contributed by atoms with van der Waals surface area (Å²) in [6, 6.07) is 9.63. The monoisotopic (exact) mass is 322 g/mol. The molecule has 6 nitrogen and oxygen atoms in total. The Labute approximate surface area is 139 Å². The summed E-state index contributed by atoms with van der Waals surface area (Å²) < 4.78 is 7.67. The number of nitrogens with zero attached hydrogens (tertiary/aromatic N) is 3. The number of ether oxygens (including phenoxy) is 1. The van der Waals surface area contributed by atoms with Crippen molar-refractivity contribution in [2.45, 2.75) is 6.54 Å². The molecule has 0 atom stereocenters. The molecule has 4 rings (SSSR count). The van der Waals surface area contributed by atoms with E-state index in [0.29, 0.717) is 24.5 Å². The fourth-order valence-electron chi connectivity index (χ4n) is 2.91. The smallest absolute Gasteiger partial charge is 0.255 e. The van der Waals surface area contributed by atoms with Gasteiger partial charge in [-0.2, -0.15) is 0 Å². The van der Waals surface area contributed by atoms with Crippen molar-refractivity contribution in [3.63, 3.8) is 0 Å². The molecule has 1 aliphatic heterocycles. The predicted octanol–water partition coefficient (Wildman–Crippen LogP) is 2.09. The molecule has 0 bridgehead atoms. The highest BCUT2D eigenvalue weighted by Gasteiger charge is 2.21. The fraction of sp³-hybridized carbons (Fsp3) is 0.222. The minimum Gasteiger partial charge on any atom is -0.489 e. The highest BCUT2D eigenvalue weighted by molar-refractivity contribution is 5.99. The van der Waals surface area contributed by atoms with Crippen LogP contribution in [0.1, 0.15) is 15.9 Å². The SMILES string of the molecule is CN1CCOc2c(C(=O)NCc3ccc4cncn4c3)cccc21. The molecule has 24 heavy (non-hydrogen) atoms. The first-order valence-electron chi connectivity index (χ1n) is 7.88. The molecule has 3 heterocycles. The van der Waals surface area contributed by atoms with E-state index in [4.69, 9.17) is 4.74 Å². The maximum Gasteiger partial charge on any atom is 0.255 e. The van der Waals surface area contributed by atoms with E-state index in [1.54, 1.807) is 18.6 Å². The van der Waals surface area contributed by atoms with E-state index in [0.717, 1.165) is 23.3 Å². The van der Waals surface area contributed by atoms with Crippen molar-refractivity contribution in [1.29, 1.82) is 0 Å². The van der Waals surface area contributed by atoms with E-state index >= 15 is 0 Å². The molecule has 1 N–H and O–H groups in total. The number of carbonyl (C=O) groups excluding carboxylic acids is 1. The number of pyridine rings is 1. The number of benzene rings is 1. The van der Waals surface area contributed by atoms with Crippen molar-refractivity contribution < 1.29 is 9.53 Å². The first-order chi connectivity index (χ1) is 11.7. The number of nitrogens with one attached hydrogen (secondary N) is 1. The average molecular weight is 322 g/mol. The van der Waals surface area contributed by atoms with Gasteiger partial charge in [-0.1, -0.05) is 12.1 Å². The predicted molar refractivity (Wildman–Crippen MR) is 91.6 cm³/mol. The Kier molecular flexibility index (Phi) is 3.57. The van der Waals surface area contributed by atoms with E-state index in [1.165, 1.54) is 0 Å². The summed E-state index contributed by atoms with van der Waals surface area (Å²) in [4.78, 5) is 18.8. The molecule has 0 saturated heterocycles. The zero-order chi connectivity index (χ0) is 16.5. The van der Waals surface area contributed by atoms with Crippen LogP contribution in [-0.2, 0) is 6.54 Å². The Balaban J connectivity index is 1.53. The zero-order valence-electron chi connectivity index (χ0n) is 13.4. The second kappa shape index (κ2) is 5.88. The van der Waals surface area contributed by atoms with E-state index in [9.17, 15) is 4.79 Å². The lowest BCUT2D eigenvalue weighted by molar-refractivity contribution is 0.0946. The molecule has 3 aromatic rings. The van der Waals surface area contributed by atoms with Crippen molar-refractivity contribution >= 4 is 17.1 Å². The van der Waals surface area contributed by atoms with Crippen LogP contribution < -0.4 is 15.0 Å². The van der Waals surface area contributed by atoms with Crippen LogP contribution in [0.15, 0.2) is 49.1 Å². The van der Waals surface area contributed by atoms with Gasteiger partial charge in [0, 0.05) is 19.8 Å². The largest absolute Gasteiger partial charge is 0.489 e. The Morgan fingerprint density at radius 2 is 2.25 bits per heavy atom. The summed E-state index contributed by atoms with van der Waals surface area (Å²) in [5.74, 6) is 0.529. The molecule has 0 unspecified atom stereocenters. The van der Waals surface area contributed by atoms with Gasteiger partial charge < -0.3 is 19.4 Å². The summed E-state index contributed by atoms with van der Waals surface area (Å²) in [5, 5.41) is 2.97. The molecule has 0 saturated carbocycles. The lowest BCUT2D eigenvalue weighted by atomic mass is 10.1. The number of imidazole rings is 1. The summed E-state index contributed by atoms with van der Waals surface area (Å²) in [7, 11) is 2.00. The normalized spacial score (nSPS) is 13.5. The Morgan fingerprint density at radius 1 is 1.33 bits per heavy atom. The summed E-state index contributed by atoms with van der Waals surface area (Å²) in [6.45, 7) is 1.86. The first-order valence-corrected chi connectivity index (χ1v) is 7.88. The van der Waals surface area contributed by atoms with Crippen molar-refractivity contribution in [2.75, 3.05) is 25.1 Å². The topological polar surface area (TPSA) is 58.9 Å². The van der Waals surface area contributed by atoms with E-state index < -0.39 is 0 Å². The Bertz CT molecular complexity index is 903. The second-order valence-corrected chi connectivity index (χ2v) is 5.87. The summed E-state index contributed by atoms with van der Waals surface area (Å²) >= 11 is 0. The van der Waals surface area contributed by atoms with Crippen molar-refractivity contribution in [3.8, 4) is 5.75 Å². The number of carbonyl (C=O) groups is 1. The van der Waals surface area contributed by atoms with Gasteiger partial charge in [-0.25, -0.2) is 4.98 Å². The Hall–Kier alpha value is -3.02. The molecule has 0 fully saturated rings. The van der Waals surface area contributed by atoms with E-state index in [1.807, 2.05) is 41.9 Å². The van der Waals surface area contributed by atoms with Crippen LogP contribution in [0.3, 0.4) is 0 Å². The van der Waals surface area contributed by atoms with E-state index in [2.05, 4.69) is 15.2 Å². The number of para-hydroxylation sites is 1. The number of anilines is 1. The number of rotatable bonds is 3. The van der Waals surface area contributed by atoms with Gasteiger partial charge in [0.05, 0.1) is 35.8 Å². The molecule has 1 aromatic carbocycles. The van der Waals surface area contributed by atoms with Crippen molar-refractivity contribution in [3.05, 3.63) is 60.2 Å². The third-order valence-corrected chi connectivity index (χ3v) is 4.25. The quantitative estimate of drug-likeness (QED) is 0.802. The van der Waals surface area contributed by atoms with Crippen LogP contribution >= 0.6 is 0 Å². The molecule has 1 aliphatic rings. The maximum absolute atomic E-state index is 12.6. The number of fused-ring (bicyclic) bond motifs is 2. The van der Waals surface area contributed by atoms with Gasteiger partial charge in [0.2, 0.25) is 0 Å². The highest BCUT2D eigenvalue weighted by Crippen LogP contribution is 2.34. The lowest BCUT2D eigenvalue weighted by Gasteiger charge is -2.28. The van der Waals surface area contributed by atoms with Crippen LogP contribution in [0.25, 0.3) is 5.52 Å². The molecule has 0 aliphatic carbocycles. The molecular weight excluding hydrogens is 304 g/mol. The number of hydrogen-bond acceptors (Lipinski definition) is 4. The lowest BCUT2D eigenvalue weighted by Crippen LogP contribution is -2.31. The summed E-state index contributed by atoms with van der Waals surface area (Å²) in [5.41, 5.74) is 3.56. The first kappa shape index (κ1) is 14.6. The molecule has 0 spiro atoms. The number of hydrogen-bond donors (Lipinski definition) is 1. The van der Waals surface area contributed by atoms with Gasteiger partial charge in [-0.15, -0.1) is 0 Å². The number of amides is 1. The average Bonchev–Trinajstić information content (AvgIpc) is 3.07. The Morgan fingerprint density at radius 3 is 3.17 bits per heavy atom. The van der Waals surface area contributed by atoms with Crippen LogP contribution in [0.4, 0.5) is 5.69 Å².